The van der Waals surface area contributed by atoms with Gasteiger partial charge in [-0.1, -0.05) is 30.3 Å². The predicted octanol–water partition coefficient (Wildman–Crippen LogP) is 3.90. The highest BCUT2D eigenvalue weighted by Gasteiger charge is 2.15. The summed E-state index contributed by atoms with van der Waals surface area (Å²) in [6.45, 7) is 0.479. The summed E-state index contributed by atoms with van der Waals surface area (Å²) in [6.07, 6.45) is 1.52. The van der Waals surface area contributed by atoms with Crippen molar-refractivity contribution in [1.29, 1.82) is 5.26 Å². The molecule has 0 saturated heterocycles. The molecule has 26 heavy (non-hydrogen) atoms. The van der Waals surface area contributed by atoms with Crippen LogP contribution in [-0.4, -0.2) is 29.8 Å². The molecule has 0 radical (unpaired) electrons. The van der Waals surface area contributed by atoms with Crippen molar-refractivity contribution in [2.75, 3.05) is 14.1 Å². The Kier molecular flexibility index (Phi) is 5.04. The number of nitriles is 1. The number of carbonyl (C=O) groups is 1. The molecular weight excluding hydrogens is 326 g/mol. The van der Waals surface area contributed by atoms with Crippen molar-refractivity contribution < 1.29 is 9.53 Å². The van der Waals surface area contributed by atoms with Gasteiger partial charge in [0.1, 0.15) is 24.0 Å². The predicted molar refractivity (Wildman–Crippen MR) is 101 cm³/mol. The minimum Gasteiger partial charge on any atom is -0.489 e. The maximum absolute atomic E-state index is 12.5. The quantitative estimate of drug-likeness (QED) is 0.418. The van der Waals surface area contributed by atoms with Gasteiger partial charge in [0.05, 0.1) is 5.69 Å². The normalized spacial score (nSPS) is 11.2. The topological polar surface area (TPSA) is 69.1 Å². The molecule has 1 aromatic heterocycles. The van der Waals surface area contributed by atoms with Crippen molar-refractivity contribution >= 4 is 16.7 Å². The molecule has 3 rings (SSSR count). The van der Waals surface area contributed by atoms with Crippen molar-refractivity contribution in [2.24, 2.45) is 0 Å². The van der Waals surface area contributed by atoms with E-state index in [-0.39, 0.29) is 11.4 Å². The Bertz CT molecular complexity index is 995. The Labute approximate surface area is 152 Å². The molecule has 5 heteroatoms. The fourth-order valence-corrected chi connectivity index (χ4v) is 2.61. The van der Waals surface area contributed by atoms with Crippen LogP contribution >= 0.6 is 0 Å². The average Bonchev–Trinajstić information content (AvgIpc) is 3.08. The standard InChI is InChI=1S/C21H19N3O2/c1-24(2)13-17(12-22)21(25)20-11-16-10-18(8-9-19(16)23-20)26-14-15-6-4-3-5-7-15/h3-11,13,23H,14H2,1-2H3/b17-13+. The first-order chi connectivity index (χ1) is 12.6. The SMILES string of the molecule is CN(C)/C=C(\C#N)C(=O)c1cc2cc(OCc3ccccc3)ccc2[nH]1. The van der Waals surface area contributed by atoms with E-state index in [4.69, 9.17) is 4.74 Å². The van der Waals surface area contributed by atoms with E-state index >= 15 is 0 Å². The van der Waals surface area contributed by atoms with Crippen molar-refractivity contribution in [3.63, 3.8) is 0 Å². The van der Waals surface area contributed by atoms with Gasteiger partial charge in [-0.2, -0.15) is 5.26 Å². The number of H-pyrrole nitrogens is 1. The summed E-state index contributed by atoms with van der Waals surface area (Å²) in [6, 6.07) is 19.2. The van der Waals surface area contributed by atoms with Crippen LogP contribution in [0.3, 0.4) is 0 Å². The van der Waals surface area contributed by atoms with E-state index in [2.05, 4.69) is 4.98 Å². The highest BCUT2D eigenvalue weighted by molar-refractivity contribution is 6.12. The van der Waals surface area contributed by atoms with Crippen LogP contribution in [0, 0.1) is 11.3 Å². The summed E-state index contributed by atoms with van der Waals surface area (Å²) in [5.41, 5.74) is 2.38. The van der Waals surface area contributed by atoms with Gasteiger partial charge in [0.15, 0.2) is 0 Å². The zero-order chi connectivity index (χ0) is 18.5. The molecule has 1 N–H and O–H groups in total. The second-order valence-corrected chi connectivity index (χ2v) is 6.15. The van der Waals surface area contributed by atoms with Crippen LogP contribution < -0.4 is 4.74 Å². The first-order valence-corrected chi connectivity index (χ1v) is 8.19. The zero-order valence-corrected chi connectivity index (χ0v) is 14.7. The molecule has 0 saturated carbocycles. The first-order valence-electron chi connectivity index (χ1n) is 8.19. The number of carbonyl (C=O) groups excluding carboxylic acids is 1. The second kappa shape index (κ2) is 7.58. The second-order valence-electron chi connectivity index (χ2n) is 6.15. The van der Waals surface area contributed by atoms with Gasteiger partial charge < -0.3 is 14.6 Å². The lowest BCUT2D eigenvalue weighted by molar-refractivity contribution is 0.103. The minimum atomic E-state index is -0.329. The van der Waals surface area contributed by atoms with E-state index in [1.54, 1.807) is 25.1 Å². The van der Waals surface area contributed by atoms with Gasteiger partial charge in [-0.15, -0.1) is 0 Å². The lowest BCUT2D eigenvalue weighted by Gasteiger charge is -2.06. The van der Waals surface area contributed by atoms with Crippen LogP contribution in [-0.2, 0) is 6.61 Å². The van der Waals surface area contributed by atoms with Crippen LogP contribution in [0.4, 0.5) is 0 Å². The number of aromatic amines is 1. The van der Waals surface area contributed by atoms with E-state index in [1.165, 1.54) is 6.20 Å². The van der Waals surface area contributed by atoms with E-state index in [9.17, 15) is 10.1 Å². The average molecular weight is 345 g/mol. The molecule has 0 amide bonds. The fraction of sp³-hybridized carbons (Fsp3) is 0.143. The number of fused-ring (bicyclic) bond motifs is 1. The van der Waals surface area contributed by atoms with Crippen LogP contribution in [0.1, 0.15) is 16.1 Å². The number of rotatable bonds is 6. The molecule has 1 heterocycles. The van der Waals surface area contributed by atoms with Gasteiger partial charge in [0.25, 0.3) is 0 Å². The Morgan fingerprint density at radius 3 is 2.65 bits per heavy atom. The van der Waals surface area contributed by atoms with Gasteiger partial charge in [0, 0.05) is 31.2 Å². The molecule has 2 aromatic carbocycles. The summed E-state index contributed by atoms with van der Waals surface area (Å²) in [5.74, 6) is 0.396. The lowest BCUT2D eigenvalue weighted by atomic mass is 10.1. The Morgan fingerprint density at radius 1 is 1.19 bits per heavy atom. The molecule has 0 spiro atoms. The summed E-state index contributed by atoms with van der Waals surface area (Å²) in [7, 11) is 3.54. The zero-order valence-electron chi connectivity index (χ0n) is 14.7. The van der Waals surface area contributed by atoms with E-state index < -0.39 is 0 Å². The molecule has 0 aliphatic carbocycles. The molecule has 0 aliphatic rings. The summed E-state index contributed by atoms with van der Waals surface area (Å²) >= 11 is 0. The van der Waals surface area contributed by atoms with Crippen molar-refractivity contribution in [3.05, 3.63) is 77.6 Å². The molecule has 130 valence electrons. The molecule has 0 fully saturated rings. The highest BCUT2D eigenvalue weighted by Crippen LogP contribution is 2.23. The number of ketones is 1. The summed E-state index contributed by atoms with van der Waals surface area (Å²) < 4.78 is 5.82. The highest BCUT2D eigenvalue weighted by atomic mass is 16.5. The number of allylic oxidation sites excluding steroid dienone is 1. The monoisotopic (exact) mass is 345 g/mol. The number of nitrogens with zero attached hydrogens (tertiary/aromatic N) is 2. The third-order valence-corrected chi connectivity index (χ3v) is 3.84. The van der Waals surface area contributed by atoms with Crippen LogP contribution in [0.25, 0.3) is 10.9 Å². The number of Topliss-reactive ketones (excluding diaryl/α,β-unsaturated/α-hetero) is 1. The number of aromatic nitrogens is 1. The van der Waals surface area contributed by atoms with Crippen molar-refractivity contribution in [3.8, 4) is 11.8 Å². The third kappa shape index (κ3) is 3.93. The van der Waals surface area contributed by atoms with Gasteiger partial charge in [-0.25, -0.2) is 0 Å². The van der Waals surface area contributed by atoms with E-state index in [0.717, 1.165) is 22.2 Å². The third-order valence-electron chi connectivity index (χ3n) is 3.84. The van der Waals surface area contributed by atoms with Crippen LogP contribution in [0.15, 0.2) is 66.4 Å². The van der Waals surface area contributed by atoms with E-state index in [1.807, 2.05) is 54.6 Å². The fourth-order valence-electron chi connectivity index (χ4n) is 2.61. The molecular formula is C21H19N3O2. The Morgan fingerprint density at radius 2 is 1.96 bits per heavy atom. The van der Waals surface area contributed by atoms with Gasteiger partial charge in [0.2, 0.25) is 5.78 Å². The first kappa shape index (κ1) is 17.3. The van der Waals surface area contributed by atoms with Crippen molar-refractivity contribution in [2.45, 2.75) is 6.61 Å². The maximum atomic E-state index is 12.5. The molecule has 0 atom stereocenters. The lowest BCUT2D eigenvalue weighted by Crippen LogP contribution is -2.09. The molecule has 0 aliphatic heterocycles. The van der Waals surface area contributed by atoms with Crippen LogP contribution in [0.2, 0.25) is 0 Å². The number of nitrogens with one attached hydrogen (secondary N) is 1. The number of hydrogen-bond acceptors (Lipinski definition) is 4. The Balaban J connectivity index is 1.81. The summed E-state index contributed by atoms with van der Waals surface area (Å²) in [4.78, 5) is 17.2. The Hall–Kier alpha value is -3.52. The number of ether oxygens (including phenoxy) is 1. The molecule has 0 bridgehead atoms. The molecule has 5 nitrogen and oxygen atoms in total. The number of benzene rings is 2. The van der Waals surface area contributed by atoms with E-state index in [0.29, 0.717) is 12.3 Å². The van der Waals surface area contributed by atoms with Gasteiger partial charge >= 0.3 is 0 Å². The van der Waals surface area contributed by atoms with Crippen LogP contribution in [0.5, 0.6) is 5.75 Å². The maximum Gasteiger partial charge on any atom is 0.221 e. The van der Waals surface area contributed by atoms with Gasteiger partial charge in [-0.3, -0.25) is 4.79 Å². The largest absolute Gasteiger partial charge is 0.489 e. The summed E-state index contributed by atoms with van der Waals surface area (Å²) in [5, 5.41) is 10.1. The van der Waals surface area contributed by atoms with Gasteiger partial charge in [-0.05, 0) is 29.8 Å². The molecule has 0 unspecified atom stereocenters. The van der Waals surface area contributed by atoms with Crippen molar-refractivity contribution in [1.82, 2.24) is 9.88 Å². The smallest absolute Gasteiger partial charge is 0.221 e. The molecule has 3 aromatic rings. The number of hydrogen-bond donors (Lipinski definition) is 1. The minimum absolute atomic E-state index is 0.0853.